The van der Waals surface area contributed by atoms with Gasteiger partial charge in [-0.3, -0.25) is 0 Å². The molecule has 8 heteroatoms. The third-order valence-corrected chi connectivity index (χ3v) is 5.12. The summed E-state index contributed by atoms with van der Waals surface area (Å²) in [5.41, 5.74) is 5.89. The monoisotopic (exact) mass is 445 g/mol. The van der Waals surface area contributed by atoms with Crippen LogP contribution >= 0.6 is 0 Å². The minimum absolute atomic E-state index is 0.124. The Morgan fingerprint density at radius 2 is 1.53 bits per heavy atom. The van der Waals surface area contributed by atoms with Gasteiger partial charge in [0.1, 0.15) is 0 Å². The number of hydrogen-bond donors (Lipinski definition) is 3. The molecule has 0 atom stereocenters. The molecule has 0 saturated heterocycles. The largest absolute Gasteiger partial charge is 0.402 e. The van der Waals surface area contributed by atoms with Crippen LogP contribution in [0.15, 0.2) is 34.7 Å². The Hall–Kier alpha value is -2.61. The topological polar surface area (TPSA) is 101 Å². The minimum atomic E-state index is -0.362. The number of ether oxygens (including phenoxy) is 1. The number of benzene rings is 1. The number of carbonyl (C=O) groups excluding carboxylic acids is 1. The zero-order valence-electron chi connectivity index (χ0n) is 19.4. The van der Waals surface area contributed by atoms with Crippen molar-refractivity contribution in [3.05, 3.63) is 30.3 Å². The van der Waals surface area contributed by atoms with Crippen molar-refractivity contribution in [2.24, 2.45) is 0 Å². The molecule has 0 fully saturated rings. The summed E-state index contributed by atoms with van der Waals surface area (Å²) >= 11 is 0. The van der Waals surface area contributed by atoms with Crippen molar-refractivity contribution in [3.63, 3.8) is 0 Å². The molecule has 0 aliphatic carbocycles. The first-order valence-corrected chi connectivity index (χ1v) is 12.1. The van der Waals surface area contributed by atoms with Crippen LogP contribution in [0.25, 0.3) is 11.5 Å². The van der Waals surface area contributed by atoms with E-state index in [9.17, 15) is 4.79 Å². The van der Waals surface area contributed by atoms with Crippen LogP contribution in [0.5, 0.6) is 0 Å². The molecule has 0 spiro atoms. The SMILES string of the molecule is CCCCCCCCCCCCOCCCNC(=O)NNc1nnc(-c2ccccc2)o1. The molecular weight excluding hydrogens is 406 g/mol. The third-order valence-electron chi connectivity index (χ3n) is 5.12. The molecular formula is C24H39N5O3. The molecule has 1 aromatic heterocycles. The van der Waals surface area contributed by atoms with Gasteiger partial charge in [0, 0.05) is 25.3 Å². The standard InChI is InChI=1S/C24H39N5O3/c1-2-3-4-5-6-7-8-9-10-14-19-31-20-15-18-25-23(30)27-29-24-28-26-22(32-24)21-16-12-11-13-17-21/h11-13,16-17H,2-10,14-15,18-20H2,1H3,(H,28,29)(H2,25,27,30). The quantitative estimate of drug-likeness (QED) is 0.201. The van der Waals surface area contributed by atoms with Crippen molar-refractivity contribution in [2.45, 2.75) is 77.6 Å². The van der Waals surface area contributed by atoms with E-state index in [1.54, 1.807) is 0 Å². The zero-order chi connectivity index (χ0) is 22.7. The lowest BCUT2D eigenvalue weighted by Gasteiger charge is -2.08. The first-order chi connectivity index (χ1) is 15.8. The van der Waals surface area contributed by atoms with E-state index in [1.807, 2.05) is 30.3 Å². The fourth-order valence-electron chi connectivity index (χ4n) is 3.30. The number of unbranched alkanes of at least 4 members (excludes halogenated alkanes) is 9. The molecule has 0 bridgehead atoms. The zero-order valence-corrected chi connectivity index (χ0v) is 19.4. The van der Waals surface area contributed by atoms with Crippen LogP contribution in [0, 0.1) is 0 Å². The van der Waals surface area contributed by atoms with Crippen LogP contribution < -0.4 is 16.2 Å². The highest BCUT2D eigenvalue weighted by Gasteiger charge is 2.08. The van der Waals surface area contributed by atoms with Crippen LogP contribution in [0.2, 0.25) is 0 Å². The van der Waals surface area contributed by atoms with Crippen molar-refractivity contribution < 1.29 is 13.9 Å². The maximum Gasteiger partial charge on any atom is 0.335 e. The van der Waals surface area contributed by atoms with Crippen molar-refractivity contribution in [2.75, 3.05) is 25.2 Å². The van der Waals surface area contributed by atoms with Crippen molar-refractivity contribution >= 4 is 12.0 Å². The van der Waals surface area contributed by atoms with Gasteiger partial charge < -0.3 is 14.5 Å². The van der Waals surface area contributed by atoms with E-state index in [2.05, 4.69) is 33.3 Å². The first kappa shape index (κ1) is 25.6. The van der Waals surface area contributed by atoms with Gasteiger partial charge in [0.2, 0.25) is 5.89 Å². The van der Waals surface area contributed by atoms with E-state index >= 15 is 0 Å². The summed E-state index contributed by atoms with van der Waals surface area (Å²) in [5.74, 6) is 0.384. The second kappa shape index (κ2) is 17.0. The van der Waals surface area contributed by atoms with Gasteiger partial charge in [-0.05, 0) is 25.0 Å². The third kappa shape index (κ3) is 11.7. The van der Waals surface area contributed by atoms with E-state index in [0.29, 0.717) is 19.0 Å². The highest BCUT2D eigenvalue weighted by molar-refractivity contribution is 5.74. The molecule has 2 amide bonds. The minimum Gasteiger partial charge on any atom is -0.402 e. The Kier molecular flexibility index (Phi) is 13.6. The van der Waals surface area contributed by atoms with Crippen molar-refractivity contribution in [3.8, 4) is 11.5 Å². The summed E-state index contributed by atoms with van der Waals surface area (Å²) in [4.78, 5) is 11.8. The van der Waals surface area contributed by atoms with Gasteiger partial charge in [0.15, 0.2) is 0 Å². The Morgan fingerprint density at radius 1 is 0.875 bits per heavy atom. The van der Waals surface area contributed by atoms with Gasteiger partial charge in [-0.2, -0.15) is 0 Å². The number of hydrazine groups is 1. The average Bonchev–Trinajstić information content (AvgIpc) is 3.30. The average molecular weight is 446 g/mol. The Morgan fingerprint density at radius 3 is 2.25 bits per heavy atom. The molecule has 0 radical (unpaired) electrons. The molecule has 0 saturated carbocycles. The Balaban J connectivity index is 1.37. The highest BCUT2D eigenvalue weighted by Crippen LogP contribution is 2.18. The van der Waals surface area contributed by atoms with E-state index in [-0.39, 0.29) is 12.0 Å². The van der Waals surface area contributed by atoms with Crippen molar-refractivity contribution in [1.29, 1.82) is 0 Å². The fourth-order valence-corrected chi connectivity index (χ4v) is 3.30. The lowest BCUT2D eigenvalue weighted by Crippen LogP contribution is -2.39. The second-order valence-corrected chi connectivity index (χ2v) is 7.93. The lowest BCUT2D eigenvalue weighted by atomic mass is 10.1. The summed E-state index contributed by atoms with van der Waals surface area (Å²) in [6.45, 7) is 4.24. The van der Waals surface area contributed by atoms with Gasteiger partial charge in [-0.1, -0.05) is 88.0 Å². The normalized spacial score (nSPS) is 10.8. The first-order valence-electron chi connectivity index (χ1n) is 12.1. The lowest BCUT2D eigenvalue weighted by molar-refractivity contribution is 0.127. The number of carbonyl (C=O) groups is 1. The van der Waals surface area contributed by atoms with Crippen LogP contribution in [-0.4, -0.2) is 36.0 Å². The summed E-state index contributed by atoms with van der Waals surface area (Å²) in [6, 6.07) is 9.19. The second-order valence-electron chi connectivity index (χ2n) is 7.93. The molecule has 3 N–H and O–H groups in total. The molecule has 1 aromatic carbocycles. The number of nitrogens with one attached hydrogen (secondary N) is 3. The number of nitrogens with zero attached hydrogens (tertiary/aromatic N) is 2. The van der Waals surface area contributed by atoms with Gasteiger partial charge in [-0.25, -0.2) is 15.6 Å². The fraction of sp³-hybridized carbons (Fsp3) is 0.625. The molecule has 0 unspecified atom stereocenters. The van der Waals surface area contributed by atoms with Gasteiger partial charge in [0.25, 0.3) is 0 Å². The number of hydrogen-bond acceptors (Lipinski definition) is 6. The van der Waals surface area contributed by atoms with Gasteiger partial charge in [0.05, 0.1) is 0 Å². The molecule has 0 aliphatic rings. The molecule has 0 aliphatic heterocycles. The van der Waals surface area contributed by atoms with Crippen LogP contribution in [-0.2, 0) is 4.74 Å². The van der Waals surface area contributed by atoms with Crippen molar-refractivity contribution in [1.82, 2.24) is 20.9 Å². The van der Waals surface area contributed by atoms with Gasteiger partial charge in [-0.15, -0.1) is 5.10 Å². The summed E-state index contributed by atoms with van der Waals surface area (Å²) < 4.78 is 11.1. The Labute approximate surface area is 191 Å². The smallest absolute Gasteiger partial charge is 0.335 e. The number of anilines is 1. The van der Waals surface area contributed by atoms with Gasteiger partial charge >= 0.3 is 12.0 Å². The van der Waals surface area contributed by atoms with Crippen LogP contribution in [0.1, 0.15) is 77.6 Å². The molecule has 1 heterocycles. The van der Waals surface area contributed by atoms with E-state index in [0.717, 1.165) is 25.0 Å². The van der Waals surface area contributed by atoms with E-state index in [4.69, 9.17) is 9.15 Å². The van der Waals surface area contributed by atoms with Crippen LogP contribution in [0.3, 0.4) is 0 Å². The Bertz CT molecular complexity index is 723. The number of rotatable bonds is 18. The van der Waals surface area contributed by atoms with Crippen LogP contribution in [0.4, 0.5) is 10.8 Å². The summed E-state index contributed by atoms with van der Waals surface area (Å²) in [5, 5.41) is 10.5. The number of aromatic nitrogens is 2. The van der Waals surface area contributed by atoms with E-state index in [1.165, 1.54) is 57.8 Å². The number of amides is 2. The summed E-state index contributed by atoms with van der Waals surface area (Å²) in [7, 11) is 0. The molecule has 178 valence electrons. The number of urea groups is 1. The summed E-state index contributed by atoms with van der Waals surface area (Å²) in [6.07, 6.45) is 14.0. The maximum absolute atomic E-state index is 11.8. The maximum atomic E-state index is 11.8. The van der Waals surface area contributed by atoms with E-state index < -0.39 is 0 Å². The predicted molar refractivity (Wildman–Crippen MR) is 127 cm³/mol. The predicted octanol–water partition coefficient (Wildman–Crippen LogP) is 5.69. The molecule has 2 rings (SSSR count). The highest BCUT2D eigenvalue weighted by atomic mass is 16.5. The molecule has 8 nitrogen and oxygen atoms in total. The molecule has 32 heavy (non-hydrogen) atoms. The molecule has 2 aromatic rings.